The minimum atomic E-state index is 0.300. The van der Waals surface area contributed by atoms with E-state index >= 15 is 0 Å². The number of nitrogens with one attached hydrogen (secondary N) is 2. The molecule has 3 rings (SSSR count). The molecule has 1 aromatic rings. The Morgan fingerprint density at radius 1 is 1.22 bits per heavy atom. The fourth-order valence-electron chi connectivity index (χ4n) is 4.13. The van der Waals surface area contributed by atoms with Crippen molar-refractivity contribution in [2.75, 3.05) is 44.2 Å². The highest BCUT2D eigenvalue weighted by Crippen LogP contribution is 2.37. The Morgan fingerprint density at radius 3 is 2.67 bits per heavy atom. The van der Waals surface area contributed by atoms with Crippen molar-refractivity contribution in [1.82, 2.24) is 20.5 Å². The average Bonchev–Trinajstić information content (AvgIpc) is 3.37. The number of guanidine groups is 1. The van der Waals surface area contributed by atoms with Gasteiger partial charge in [-0.25, -0.2) is 4.98 Å². The van der Waals surface area contributed by atoms with E-state index in [4.69, 9.17) is 4.99 Å². The van der Waals surface area contributed by atoms with Gasteiger partial charge in [0, 0.05) is 60.7 Å². The van der Waals surface area contributed by atoms with Gasteiger partial charge in [0.2, 0.25) is 0 Å². The molecule has 0 bridgehead atoms. The molecule has 7 heteroatoms. The molecule has 1 aliphatic heterocycles. The monoisotopic (exact) mass is 409 g/mol. The quantitative estimate of drug-likeness (QED) is 0.510. The lowest BCUT2D eigenvalue weighted by molar-refractivity contribution is 0.112. The molecule has 0 unspecified atom stereocenters. The van der Waals surface area contributed by atoms with E-state index in [-0.39, 0.29) is 0 Å². The second kappa shape index (κ2) is 10.7. The molecule has 27 heavy (non-hydrogen) atoms. The highest BCUT2D eigenvalue weighted by Gasteiger charge is 2.39. The molecule has 1 saturated carbocycles. The van der Waals surface area contributed by atoms with E-state index in [0.29, 0.717) is 5.54 Å². The van der Waals surface area contributed by atoms with E-state index in [9.17, 15) is 0 Å². The van der Waals surface area contributed by atoms with Gasteiger partial charge >= 0.3 is 0 Å². The second-order valence-electron chi connectivity index (χ2n) is 7.48. The third-order valence-electron chi connectivity index (χ3n) is 5.67. The number of aliphatic imine (C=N–C) groups is 1. The Hall–Kier alpha value is -0.790. The zero-order valence-electron chi connectivity index (χ0n) is 16.9. The Bertz CT molecular complexity index is 589. The van der Waals surface area contributed by atoms with E-state index in [2.05, 4.69) is 46.1 Å². The summed E-state index contributed by atoms with van der Waals surface area (Å²) in [5.41, 5.74) is 0.300. The summed E-state index contributed by atoms with van der Waals surface area (Å²) in [6, 6.07) is 0. The van der Waals surface area contributed by atoms with Crippen molar-refractivity contribution in [3.05, 3.63) is 16.1 Å². The molecule has 2 heterocycles. The molecule has 2 N–H and O–H groups in total. The Balaban J connectivity index is 1.56. The van der Waals surface area contributed by atoms with Crippen LogP contribution in [0, 0.1) is 0 Å². The van der Waals surface area contributed by atoms with Gasteiger partial charge in [0.15, 0.2) is 5.96 Å². The van der Waals surface area contributed by atoms with Crippen molar-refractivity contribution in [1.29, 1.82) is 0 Å². The molecule has 0 atom stereocenters. The molecule has 1 aliphatic carbocycles. The number of aryl methyl sites for hydroxylation is 1. The van der Waals surface area contributed by atoms with Gasteiger partial charge in [-0.2, -0.15) is 11.8 Å². The van der Waals surface area contributed by atoms with Gasteiger partial charge in [-0.05, 0) is 26.2 Å². The van der Waals surface area contributed by atoms with Gasteiger partial charge in [0.25, 0.3) is 0 Å². The van der Waals surface area contributed by atoms with E-state index in [1.807, 2.05) is 17.5 Å². The lowest BCUT2D eigenvalue weighted by atomic mass is 9.95. The summed E-state index contributed by atoms with van der Waals surface area (Å²) in [4.78, 5) is 13.7. The molecule has 1 aromatic heterocycles. The molecule has 152 valence electrons. The summed E-state index contributed by atoms with van der Waals surface area (Å²) < 4.78 is 0. The van der Waals surface area contributed by atoms with Crippen molar-refractivity contribution in [3.63, 3.8) is 0 Å². The van der Waals surface area contributed by atoms with Crippen molar-refractivity contribution in [2.45, 2.75) is 57.9 Å². The summed E-state index contributed by atoms with van der Waals surface area (Å²) >= 11 is 3.92. The van der Waals surface area contributed by atoms with Gasteiger partial charge in [-0.15, -0.1) is 11.3 Å². The third kappa shape index (κ3) is 5.84. The van der Waals surface area contributed by atoms with Crippen LogP contribution in [0.3, 0.4) is 0 Å². The van der Waals surface area contributed by atoms with E-state index in [0.717, 1.165) is 38.4 Å². The lowest BCUT2D eigenvalue weighted by Crippen LogP contribution is -2.53. The van der Waals surface area contributed by atoms with Crippen LogP contribution >= 0.6 is 23.1 Å². The molecule has 0 spiro atoms. The number of nitrogens with zero attached hydrogens (tertiary/aromatic N) is 3. The normalized spacial score (nSPS) is 20.7. The van der Waals surface area contributed by atoms with Crippen LogP contribution in [0.5, 0.6) is 0 Å². The zero-order chi connectivity index (χ0) is 19.0. The standard InChI is InChI=1S/C20H35N5S2/c1-3-17-15-23-18(27-17)7-10-22-19(21-4-2)24-16-20(8-5-6-9-20)25-11-13-26-14-12-25/h15H,3-14,16H2,1-2H3,(H2,21,22,24). The number of aromatic nitrogens is 1. The fraction of sp³-hybridized carbons (Fsp3) is 0.800. The summed E-state index contributed by atoms with van der Waals surface area (Å²) in [5.74, 6) is 3.51. The molecule has 1 saturated heterocycles. The van der Waals surface area contributed by atoms with Crippen LogP contribution in [0.4, 0.5) is 0 Å². The first-order valence-corrected chi connectivity index (χ1v) is 12.5. The maximum absolute atomic E-state index is 5.02. The molecule has 0 aromatic carbocycles. The summed E-state index contributed by atoms with van der Waals surface area (Å²) in [7, 11) is 0. The predicted octanol–water partition coefficient (Wildman–Crippen LogP) is 3.16. The highest BCUT2D eigenvalue weighted by atomic mass is 32.2. The minimum absolute atomic E-state index is 0.300. The zero-order valence-corrected chi connectivity index (χ0v) is 18.6. The maximum Gasteiger partial charge on any atom is 0.191 e. The average molecular weight is 410 g/mol. The second-order valence-corrected chi connectivity index (χ2v) is 9.90. The SMILES string of the molecule is CCNC(=NCC1(N2CCSCC2)CCCC1)NCCc1ncc(CC)s1. The minimum Gasteiger partial charge on any atom is -0.357 e. The number of thiazole rings is 1. The molecule has 0 amide bonds. The van der Waals surface area contributed by atoms with Crippen LogP contribution in [0.25, 0.3) is 0 Å². The largest absolute Gasteiger partial charge is 0.357 e. The van der Waals surface area contributed by atoms with Crippen LogP contribution in [0.15, 0.2) is 11.2 Å². The first-order chi connectivity index (χ1) is 13.3. The van der Waals surface area contributed by atoms with Gasteiger partial charge < -0.3 is 10.6 Å². The van der Waals surface area contributed by atoms with Crippen molar-refractivity contribution in [2.24, 2.45) is 4.99 Å². The van der Waals surface area contributed by atoms with E-state index < -0.39 is 0 Å². The number of hydrogen-bond donors (Lipinski definition) is 2. The molecule has 2 fully saturated rings. The highest BCUT2D eigenvalue weighted by molar-refractivity contribution is 7.99. The van der Waals surface area contributed by atoms with Crippen molar-refractivity contribution < 1.29 is 0 Å². The van der Waals surface area contributed by atoms with Crippen molar-refractivity contribution >= 4 is 29.1 Å². The third-order valence-corrected chi connectivity index (χ3v) is 7.82. The van der Waals surface area contributed by atoms with E-state index in [1.165, 1.54) is 60.2 Å². The molecule has 5 nitrogen and oxygen atoms in total. The maximum atomic E-state index is 5.02. The van der Waals surface area contributed by atoms with Crippen LogP contribution in [-0.2, 0) is 12.8 Å². The molecular formula is C20H35N5S2. The summed E-state index contributed by atoms with van der Waals surface area (Å²) in [6.45, 7) is 9.49. The molecule has 2 aliphatic rings. The van der Waals surface area contributed by atoms with Crippen LogP contribution in [0.1, 0.15) is 49.4 Å². The van der Waals surface area contributed by atoms with Crippen LogP contribution in [-0.4, -0.2) is 65.6 Å². The lowest BCUT2D eigenvalue weighted by Gasteiger charge is -2.42. The number of thioether (sulfide) groups is 1. The molecule has 0 radical (unpaired) electrons. The molecular weight excluding hydrogens is 374 g/mol. The Morgan fingerprint density at radius 2 is 2.00 bits per heavy atom. The van der Waals surface area contributed by atoms with Gasteiger partial charge in [-0.1, -0.05) is 19.8 Å². The Labute approximate surface area is 172 Å². The van der Waals surface area contributed by atoms with Crippen LogP contribution in [0.2, 0.25) is 0 Å². The van der Waals surface area contributed by atoms with E-state index in [1.54, 1.807) is 0 Å². The fourth-order valence-corrected chi connectivity index (χ4v) is 5.89. The van der Waals surface area contributed by atoms with Gasteiger partial charge in [-0.3, -0.25) is 9.89 Å². The number of rotatable bonds is 8. The predicted molar refractivity (Wildman–Crippen MR) is 119 cm³/mol. The first-order valence-electron chi connectivity index (χ1n) is 10.5. The van der Waals surface area contributed by atoms with Crippen LogP contribution < -0.4 is 10.6 Å². The summed E-state index contributed by atoms with van der Waals surface area (Å²) in [6.07, 6.45) is 9.37. The topological polar surface area (TPSA) is 52.6 Å². The summed E-state index contributed by atoms with van der Waals surface area (Å²) in [5, 5.41) is 8.17. The number of hydrogen-bond acceptors (Lipinski definition) is 5. The Kier molecular flexibility index (Phi) is 8.27. The first kappa shape index (κ1) is 20.9. The van der Waals surface area contributed by atoms with Gasteiger partial charge in [0.05, 0.1) is 11.6 Å². The van der Waals surface area contributed by atoms with Crippen molar-refractivity contribution in [3.8, 4) is 0 Å². The van der Waals surface area contributed by atoms with Gasteiger partial charge in [0.1, 0.15) is 0 Å². The smallest absolute Gasteiger partial charge is 0.191 e.